The summed E-state index contributed by atoms with van der Waals surface area (Å²) in [5.41, 5.74) is 2.26. The molecule has 3 aromatic rings. The molecule has 0 saturated carbocycles. The molecular weight excluding hydrogens is 270 g/mol. The van der Waals surface area contributed by atoms with Gasteiger partial charge in [-0.25, -0.2) is 0 Å². The van der Waals surface area contributed by atoms with E-state index in [1.165, 1.54) is 0 Å². The fourth-order valence-electron chi connectivity index (χ4n) is 2.06. The Morgan fingerprint density at radius 2 is 2.05 bits per heavy atom. The molecule has 1 heterocycles. The second-order valence-corrected chi connectivity index (χ2v) is 4.74. The van der Waals surface area contributed by atoms with Crippen LogP contribution in [0.2, 0.25) is 5.02 Å². The number of anilines is 2. The van der Waals surface area contributed by atoms with Gasteiger partial charge in [0.2, 0.25) is 0 Å². The van der Waals surface area contributed by atoms with Crippen LogP contribution in [0.5, 0.6) is 0 Å². The van der Waals surface area contributed by atoms with E-state index in [0.717, 1.165) is 22.1 Å². The van der Waals surface area contributed by atoms with Crippen molar-refractivity contribution in [2.75, 3.05) is 5.32 Å². The maximum absolute atomic E-state index is 8.88. The summed E-state index contributed by atoms with van der Waals surface area (Å²) in [6.45, 7) is 0. The molecule has 0 radical (unpaired) electrons. The summed E-state index contributed by atoms with van der Waals surface area (Å²) in [5, 5.41) is 14.8. The summed E-state index contributed by atoms with van der Waals surface area (Å²) >= 11 is 6.04. The van der Waals surface area contributed by atoms with Gasteiger partial charge in [0.1, 0.15) is 6.07 Å². The van der Waals surface area contributed by atoms with Gasteiger partial charge in [0.25, 0.3) is 0 Å². The molecular formula is C16H10ClN3. The average Bonchev–Trinajstić information content (AvgIpc) is 2.48. The smallest absolute Gasteiger partial charge is 0.101 e. The number of rotatable bonds is 2. The number of nitrogens with zero attached hydrogens (tertiary/aromatic N) is 2. The van der Waals surface area contributed by atoms with E-state index in [1.807, 2.05) is 42.6 Å². The van der Waals surface area contributed by atoms with Crippen molar-refractivity contribution in [3.8, 4) is 6.07 Å². The van der Waals surface area contributed by atoms with E-state index >= 15 is 0 Å². The minimum Gasteiger partial charge on any atom is -0.355 e. The van der Waals surface area contributed by atoms with Gasteiger partial charge in [-0.3, -0.25) is 4.98 Å². The Balaban J connectivity index is 2.02. The first-order chi connectivity index (χ1) is 9.78. The molecule has 1 N–H and O–H groups in total. The van der Waals surface area contributed by atoms with Gasteiger partial charge in [-0.2, -0.15) is 5.26 Å². The summed E-state index contributed by atoms with van der Waals surface area (Å²) in [7, 11) is 0. The minimum absolute atomic E-state index is 0.441. The van der Waals surface area contributed by atoms with Crippen LogP contribution in [-0.4, -0.2) is 4.98 Å². The molecule has 3 nitrogen and oxygen atoms in total. The maximum Gasteiger partial charge on any atom is 0.101 e. The van der Waals surface area contributed by atoms with Crippen molar-refractivity contribution in [3.63, 3.8) is 0 Å². The van der Waals surface area contributed by atoms with Crippen molar-refractivity contribution in [2.45, 2.75) is 0 Å². The van der Waals surface area contributed by atoms with E-state index in [9.17, 15) is 0 Å². The summed E-state index contributed by atoms with van der Waals surface area (Å²) in [4.78, 5) is 4.15. The molecule has 96 valence electrons. The Bertz CT molecular complexity index is 816. The van der Waals surface area contributed by atoms with Gasteiger partial charge in [-0.05, 0) is 35.7 Å². The van der Waals surface area contributed by atoms with Crippen LogP contribution in [0.4, 0.5) is 11.4 Å². The standard InChI is InChI=1S/C16H10ClN3/c17-15-8-13(5-4-12(15)9-18)20-16-3-1-2-11-6-7-19-10-14(11)16/h1-8,10,20H. The Morgan fingerprint density at radius 3 is 2.85 bits per heavy atom. The molecule has 0 saturated heterocycles. The second-order valence-electron chi connectivity index (χ2n) is 4.33. The molecule has 0 aliphatic rings. The Morgan fingerprint density at radius 1 is 1.15 bits per heavy atom. The van der Waals surface area contributed by atoms with Crippen LogP contribution >= 0.6 is 11.6 Å². The first kappa shape index (κ1) is 12.5. The molecule has 0 aliphatic heterocycles. The van der Waals surface area contributed by atoms with Crippen molar-refractivity contribution < 1.29 is 0 Å². The molecule has 2 aromatic carbocycles. The van der Waals surface area contributed by atoms with Gasteiger partial charge in [0.05, 0.1) is 10.6 Å². The van der Waals surface area contributed by atoms with Crippen LogP contribution in [0, 0.1) is 11.3 Å². The fourth-order valence-corrected chi connectivity index (χ4v) is 2.28. The van der Waals surface area contributed by atoms with Crippen molar-refractivity contribution in [1.82, 2.24) is 4.98 Å². The highest BCUT2D eigenvalue weighted by Gasteiger charge is 2.04. The van der Waals surface area contributed by atoms with Crippen LogP contribution in [0.15, 0.2) is 54.9 Å². The highest BCUT2D eigenvalue weighted by atomic mass is 35.5. The largest absolute Gasteiger partial charge is 0.355 e. The first-order valence-corrected chi connectivity index (χ1v) is 6.45. The number of hydrogen-bond acceptors (Lipinski definition) is 3. The van der Waals surface area contributed by atoms with Crippen LogP contribution < -0.4 is 5.32 Å². The van der Waals surface area contributed by atoms with Crippen LogP contribution in [-0.2, 0) is 0 Å². The Labute approximate surface area is 121 Å². The van der Waals surface area contributed by atoms with Gasteiger partial charge in [-0.15, -0.1) is 0 Å². The van der Waals surface area contributed by atoms with Gasteiger partial charge in [0, 0.05) is 29.2 Å². The fraction of sp³-hybridized carbons (Fsp3) is 0. The summed E-state index contributed by atoms with van der Waals surface area (Å²) < 4.78 is 0. The summed E-state index contributed by atoms with van der Waals surface area (Å²) in [6.07, 6.45) is 3.59. The molecule has 0 unspecified atom stereocenters. The zero-order valence-electron chi connectivity index (χ0n) is 10.5. The Hall–Kier alpha value is -2.57. The maximum atomic E-state index is 8.88. The molecule has 0 atom stereocenters. The molecule has 20 heavy (non-hydrogen) atoms. The van der Waals surface area contributed by atoms with E-state index in [1.54, 1.807) is 18.3 Å². The molecule has 1 aromatic heterocycles. The number of fused-ring (bicyclic) bond motifs is 1. The highest BCUT2D eigenvalue weighted by Crippen LogP contribution is 2.27. The predicted molar refractivity (Wildman–Crippen MR) is 81.2 cm³/mol. The predicted octanol–water partition coefficient (Wildman–Crippen LogP) is 4.50. The van der Waals surface area contributed by atoms with Crippen molar-refractivity contribution >= 4 is 33.7 Å². The highest BCUT2D eigenvalue weighted by molar-refractivity contribution is 6.32. The summed E-state index contributed by atoms with van der Waals surface area (Å²) in [5.74, 6) is 0. The number of aromatic nitrogens is 1. The number of hydrogen-bond donors (Lipinski definition) is 1. The van der Waals surface area contributed by atoms with E-state index in [0.29, 0.717) is 10.6 Å². The number of nitrogens with one attached hydrogen (secondary N) is 1. The lowest BCUT2D eigenvalue weighted by Crippen LogP contribution is -1.92. The third-order valence-electron chi connectivity index (χ3n) is 3.05. The van der Waals surface area contributed by atoms with E-state index in [-0.39, 0.29) is 0 Å². The van der Waals surface area contributed by atoms with Crippen LogP contribution in [0.25, 0.3) is 10.8 Å². The summed E-state index contributed by atoms with van der Waals surface area (Å²) in [6, 6.07) is 15.3. The van der Waals surface area contributed by atoms with Gasteiger partial charge < -0.3 is 5.32 Å². The lowest BCUT2D eigenvalue weighted by molar-refractivity contribution is 1.36. The van der Waals surface area contributed by atoms with Crippen LogP contribution in [0.1, 0.15) is 5.56 Å². The minimum atomic E-state index is 0.441. The zero-order chi connectivity index (χ0) is 13.9. The molecule has 0 amide bonds. The van der Waals surface area contributed by atoms with E-state index in [2.05, 4.69) is 10.3 Å². The SMILES string of the molecule is N#Cc1ccc(Nc2cccc3ccncc23)cc1Cl. The average molecular weight is 280 g/mol. The Kier molecular flexibility index (Phi) is 3.24. The number of benzene rings is 2. The third kappa shape index (κ3) is 2.29. The molecule has 3 rings (SSSR count). The van der Waals surface area contributed by atoms with E-state index < -0.39 is 0 Å². The number of nitriles is 1. The zero-order valence-corrected chi connectivity index (χ0v) is 11.2. The first-order valence-electron chi connectivity index (χ1n) is 6.07. The van der Waals surface area contributed by atoms with Crippen molar-refractivity contribution in [2.24, 2.45) is 0 Å². The molecule has 0 fully saturated rings. The quantitative estimate of drug-likeness (QED) is 0.751. The van der Waals surface area contributed by atoms with Gasteiger partial charge in [0.15, 0.2) is 0 Å². The second kappa shape index (κ2) is 5.20. The van der Waals surface area contributed by atoms with Crippen molar-refractivity contribution in [3.05, 3.63) is 65.4 Å². The van der Waals surface area contributed by atoms with E-state index in [4.69, 9.17) is 16.9 Å². The molecule has 4 heteroatoms. The topological polar surface area (TPSA) is 48.7 Å². The normalized spacial score (nSPS) is 10.2. The third-order valence-corrected chi connectivity index (χ3v) is 3.36. The van der Waals surface area contributed by atoms with Crippen molar-refractivity contribution in [1.29, 1.82) is 5.26 Å². The van der Waals surface area contributed by atoms with Gasteiger partial charge in [-0.1, -0.05) is 23.7 Å². The monoisotopic (exact) mass is 279 g/mol. The number of halogens is 1. The van der Waals surface area contributed by atoms with Gasteiger partial charge >= 0.3 is 0 Å². The lowest BCUT2D eigenvalue weighted by atomic mass is 10.1. The lowest BCUT2D eigenvalue weighted by Gasteiger charge is -2.10. The van der Waals surface area contributed by atoms with Crippen LogP contribution in [0.3, 0.4) is 0 Å². The molecule has 0 aliphatic carbocycles. The molecule has 0 bridgehead atoms. The number of pyridine rings is 1. The molecule has 0 spiro atoms.